The Labute approximate surface area is 129 Å². The summed E-state index contributed by atoms with van der Waals surface area (Å²) in [5, 5.41) is 12.7. The van der Waals surface area contributed by atoms with Crippen molar-refractivity contribution in [2.45, 2.75) is 65.0 Å². The lowest BCUT2D eigenvalue weighted by Crippen LogP contribution is -2.44. The molecule has 1 aromatic carbocycles. The van der Waals surface area contributed by atoms with Gasteiger partial charge in [0.2, 0.25) is 0 Å². The minimum absolute atomic E-state index is 0.0126. The Morgan fingerprint density at radius 1 is 1.33 bits per heavy atom. The van der Waals surface area contributed by atoms with E-state index >= 15 is 0 Å². The Bertz CT molecular complexity index is 478. The van der Waals surface area contributed by atoms with Gasteiger partial charge in [0.1, 0.15) is 11.3 Å². The van der Waals surface area contributed by atoms with Crippen molar-refractivity contribution in [1.82, 2.24) is 5.32 Å². The van der Waals surface area contributed by atoms with Gasteiger partial charge in [0.15, 0.2) is 0 Å². The van der Waals surface area contributed by atoms with Gasteiger partial charge in [-0.3, -0.25) is 5.32 Å². The van der Waals surface area contributed by atoms with Crippen LogP contribution in [0.15, 0.2) is 24.3 Å². The van der Waals surface area contributed by atoms with Gasteiger partial charge < -0.3 is 4.74 Å². The van der Waals surface area contributed by atoms with Crippen LogP contribution < -0.4 is 10.1 Å². The maximum absolute atomic E-state index is 9.38. The van der Waals surface area contributed by atoms with Gasteiger partial charge in [-0.05, 0) is 50.4 Å². The zero-order valence-electron chi connectivity index (χ0n) is 13.9. The molecule has 0 aliphatic heterocycles. The highest BCUT2D eigenvalue weighted by Gasteiger charge is 2.26. The summed E-state index contributed by atoms with van der Waals surface area (Å²) >= 11 is 0. The lowest BCUT2D eigenvalue weighted by Gasteiger charge is -2.27. The van der Waals surface area contributed by atoms with Crippen molar-refractivity contribution in [3.05, 3.63) is 29.8 Å². The van der Waals surface area contributed by atoms with Crippen LogP contribution in [0.5, 0.6) is 5.75 Å². The van der Waals surface area contributed by atoms with Crippen molar-refractivity contribution in [3.8, 4) is 11.8 Å². The van der Waals surface area contributed by atoms with Crippen molar-refractivity contribution in [2.75, 3.05) is 6.54 Å². The molecular weight excluding hydrogens is 260 g/mol. The molecule has 0 saturated heterocycles. The molecule has 0 fully saturated rings. The van der Waals surface area contributed by atoms with Crippen molar-refractivity contribution in [3.63, 3.8) is 0 Å². The molecule has 0 spiro atoms. The van der Waals surface area contributed by atoms with Crippen LogP contribution in [0.1, 0.15) is 58.9 Å². The van der Waals surface area contributed by atoms with Crippen LogP contribution >= 0.6 is 0 Å². The molecule has 0 amide bonds. The summed E-state index contributed by atoms with van der Waals surface area (Å²) in [5.41, 5.74) is 0.734. The Hall–Kier alpha value is -1.53. The number of nitrogens with zero attached hydrogens (tertiary/aromatic N) is 1. The maximum Gasteiger partial charge on any atom is 0.119 e. The largest absolute Gasteiger partial charge is 0.491 e. The highest BCUT2D eigenvalue weighted by atomic mass is 16.5. The molecular formula is C18H28N2O. The van der Waals surface area contributed by atoms with Crippen LogP contribution in [0, 0.1) is 11.3 Å². The van der Waals surface area contributed by atoms with Crippen molar-refractivity contribution in [1.29, 1.82) is 5.26 Å². The summed E-state index contributed by atoms with van der Waals surface area (Å²) in [4.78, 5) is 0. The molecule has 0 bridgehead atoms. The van der Waals surface area contributed by atoms with E-state index in [1.807, 2.05) is 26.0 Å². The van der Waals surface area contributed by atoms with Gasteiger partial charge in [-0.25, -0.2) is 0 Å². The van der Waals surface area contributed by atoms with Crippen LogP contribution in [-0.2, 0) is 0 Å². The molecule has 3 nitrogen and oxygen atoms in total. The predicted molar refractivity (Wildman–Crippen MR) is 87.5 cm³/mol. The SMILES string of the molecule is CCCNC(C)(C#N)CC(C)Oc1cccc(C(C)C)c1. The number of ether oxygens (including phenoxy) is 1. The summed E-state index contributed by atoms with van der Waals surface area (Å²) in [6.07, 6.45) is 1.67. The van der Waals surface area contributed by atoms with Gasteiger partial charge in [0.05, 0.1) is 12.2 Å². The quantitative estimate of drug-likeness (QED) is 0.777. The average molecular weight is 288 g/mol. The van der Waals surface area contributed by atoms with E-state index < -0.39 is 5.54 Å². The first kappa shape index (κ1) is 17.5. The first-order valence-electron chi connectivity index (χ1n) is 7.83. The van der Waals surface area contributed by atoms with Crippen molar-refractivity contribution in [2.24, 2.45) is 0 Å². The zero-order chi connectivity index (χ0) is 15.9. The van der Waals surface area contributed by atoms with Gasteiger partial charge in [-0.15, -0.1) is 0 Å². The van der Waals surface area contributed by atoms with Gasteiger partial charge in [-0.1, -0.05) is 32.9 Å². The minimum atomic E-state index is -0.537. The van der Waals surface area contributed by atoms with Gasteiger partial charge in [-0.2, -0.15) is 5.26 Å². The van der Waals surface area contributed by atoms with Crippen LogP contribution in [0.2, 0.25) is 0 Å². The van der Waals surface area contributed by atoms with Crippen molar-refractivity contribution < 1.29 is 4.74 Å². The summed E-state index contributed by atoms with van der Waals surface area (Å²) in [6, 6.07) is 10.6. The van der Waals surface area contributed by atoms with E-state index in [2.05, 4.69) is 44.3 Å². The molecule has 3 heteroatoms. The highest BCUT2D eigenvalue weighted by molar-refractivity contribution is 5.30. The molecule has 0 aliphatic rings. The molecule has 0 saturated carbocycles. The molecule has 0 heterocycles. The number of benzene rings is 1. The van der Waals surface area contributed by atoms with E-state index in [9.17, 15) is 5.26 Å². The Balaban J connectivity index is 2.66. The van der Waals surface area contributed by atoms with Crippen LogP contribution in [0.4, 0.5) is 0 Å². The average Bonchev–Trinajstić information content (AvgIpc) is 2.45. The van der Waals surface area contributed by atoms with Crippen LogP contribution in [-0.4, -0.2) is 18.2 Å². The van der Waals surface area contributed by atoms with Crippen molar-refractivity contribution >= 4 is 0 Å². The fraction of sp³-hybridized carbons (Fsp3) is 0.611. The molecule has 1 aromatic rings. The number of hydrogen-bond donors (Lipinski definition) is 1. The molecule has 1 N–H and O–H groups in total. The van der Waals surface area contributed by atoms with E-state index in [-0.39, 0.29) is 6.10 Å². The fourth-order valence-electron chi connectivity index (χ4n) is 2.35. The number of hydrogen-bond acceptors (Lipinski definition) is 3. The number of rotatable bonds is 8. The standard InChI is InChI=1S/C18H28N2O/c1-6-10-20-18(5,13-19)12-15(4)21-17-9-7-8-16(11-17)14(2)3/h7-9,11,14-15,20H,6,10,12H2,1-5H3. The molecule has 21 heavy (non-hydrogen) atoms. The second-order valence-electron chi connectivity index (χ2n) is 6.23. The molecule has 0 radical (unpaired) electrons. The van der Waals surface area contributed by atoms with E-state index in [0.29, 0.717) is 12.3 Å². The molecule has 116 valence electrons. The van der Waals surface area contributed by atoms with Crippen LogP contribution in [0.25, 0.3) is 0 Å². The summed E-state index contributed by atoms with van der Waals surface area (Å²) in [7, 11) is 0. The predicted octanol–water partition coefficient (Wildman–Crippen LogP) is 4.25. The monoisotopic (exact) mass is 288 g/mol. The minimum Gasteiger partial charge on any atom is -0.491 e. The number of nitrogens with one attached hydrogen (secondary N) is 1. The number of nitriles is 1. The van der Waals surface area contributed by atoms with E-state index in [1.165, 1.54) is 5.56 Å². The van der Waals surface area contributed by atoms with Gasteiger partial charge >= 0.3 is 0 Å². The van der Waals surface area contributed by atoms with E-state index in [4.69, 9.17) is 4.74 Å². The lowest BCUT2D eigenvalue weighted by atomic mass is 9.96. The first-order valence-corrected chi connectivity index (χ1v) is 7.83. The molecule has 2 unspecified atom stereocenters. The van der Waals surface area contributed by atoms with E-state index in [1.54, 1.807) is 0 Å². The third-order valence-electron chi connectivity index (χ3n) is 3.57. The third-order valence-corrected chi connectivity index (χ3v) is 3.57. The lowest BCUT2D eigenvalue weighted by molar-refractivity contribution is 0.179. The Morgan fingerprint density at radius 2 is 2.05 bits per heavy atom. The summed E-state index contributed by atoms with van der Waals surface area (Å²) in [6.45, 7) is 11.2. The second kappa shape index (κ2) is 8.05. The first-order chi connectivity index (χ1) is 9.90. The second-order valence-corrected chi connectivity index (χ2v) is 6.23. The topological polar surface area (TPSA) is 45.0 Å². The maximum atomic E-state index is 9.38. The smallest absolute Gasteiger partial charge is 0.119 e. The van der Waals surface area contributed by atoms with E-state index in [0.717, 1.165) is 18.7 Å². The van der Waals surface area contributed by atoms with Crippen LogP contribution in [0.3, 0.4) is 0 Å². The molecule has 2 atom stereocenters. The Morgan fingerprint density at radius 3 is 2.62 bits per heavy atom. The zero-order valence-corrected chi connectivity index (χ0v) is 13.9. The van der Waals surface area contributed by atoms with Gasteiger partial charge in [0, 0.05) is 6.42 Å². The highest BCUT2D eigenvalue weighted by Crippen LogP contribution is 2.23. The summed E-state index contributed by atoms with van der Waals surface area (Å²) in [5.74, 6) is 1.36. The molecule has 1 rings (SSSR count). The third kappa shape index (κ3) is 5.77. The summed E-state index contributed by atoms with van der Waals surface area (Å²) < 4.78 is 5.99. The molecule has 0 aliphatic carbocycles. The van der Waals surface area contributed by atoms with Gasteiger partial charge in [0.25, 0.3) is 0 Å². The normalized spacial score (nSPS) is 15.3. The fourth-order valence-corrected chi connectivity index (χ4v) is 2.35. The Kier molecular flexibility index (Phi) is 6.71. The molecule has 0 aromatic heterocycles.